The molecule has 0 aliphatic heterocycles. The van der Waals surface area contributed by atoms with E-state index in [1.165, 1.54) is 57.9 Å². The molecule has 0 saturated heterocycles. The molecule has 0 heterocycles. The van der Waals surface area contributed by atoms with Gasteiger partial charge in [-0.15, -0.1) is 0 Å². The molecule has 4 saturated carbocycles. The van der Waals surface area contributed by atoms with Crippen molar-refractivity contribution in [2.24, 2.45) is 23.5 Å². The van der Waals surface area contributed by atoms with Gasteiger partial charge < -0.3 is 5.73 Å². The van der Waals surface area contributed by atoms with E-state index in [0.717, 1.165) is 30.3 Å². The van der Waals surface area contributed by atoms with Crippen molar-refractivity contribution in [3.05, 3.63) is 0 Å². The Labute approximate surface area is 105 Å². The van der Waals surface area contributed by atoms with Crippen LogP contribution in [0, 0.1) is 17.8 Å². The summed E-state index contributed by atoms with van der Waals surface area (Å²) in [6.07, 6.45) is 11.8. The first kappa shape index (κ1) is 10.8. The first-order valence-electron chi connectivity index (χ1n) is 7.78. The van der Waals surface area contributed by atoms with E-state index in [1.54, 1.807) is 0 Å². The molecule has 96 valence electrons. The second kappa shape index (κ2) is 3.71. The summed E-state index contributed by atoms with van der Waals surface area (Å²) < 4.78 is 0. The minimum absolute atomic E-state index is 0.437. The van der Waals surface area contributed by atoms with Crippen LogP contribution in [0.4, 0.5) is 0 Å². The molecule has 4 aliphatic rings. The number of nitrogens with zero attached hydrogens (tertiary/aromatic N) is 1. The molecular formula is C15H26N2. The Hall–Kier alpha value is -0.0800. The fourth-order valence-corrected chi connectivity index (χ4v) is 4.79. The van der Waals surface area contributed by atoms with Gasteiger partial charge in [-0.3, -0.25) is 4.90 Å². The molecule has 0 radical (unpaired) electrons. The maximum Gasteiger partial charge on any atom is 0.0365 e. The Morgan fingerprint density at radius 2 is 1.88 bits per heavy atom. The van der Waals surface area contributed by atoms with E-state index in [4.69, 9.17) is 5.73 Å². The summed E-state index contributed by atoms with van der Waals surface area (Å²) in [4.78, 5) is 2.91. The summed E-state index contributed by atoms with van der Waals surface area (Å²) in [6.45, 7) is 2.31. The average Bonchev–Trinajstić information content (AvgIpc) is 3.26. The van der Waals surface area contributed by atoms with Crippen LogP contribution in [0.5, 0.6) is 0 Å². The van der Waals surface area contributed by atoms with E-state index in [-0.39, 0.29) is 0 Å². The van der Waals surface area contributed by atoms with Gasteiger partial charge in [0.15, 0.2) is 0 Å². The van der Waals surface area contributed by atoms with Crippen molar-refractivity contribution >= 4 is 0 Å². The van der Waals surface area contributed by atoms with Crippen molar-refractivity contribution in [3.8, 4) is 0 Å². The van der Waals surface area contributed by atoms with Gasteiger partial charge in [0, 0.05) is 24.7 Å². The van der Waals surface area contributed by atoms with E-state index < -0.39 is 0 Å². The molecule has 4 fully saturated rings. The molecule has 2 bridgehead atoms. The number of rotatable bonds is 5. The standard InChI is InChI=1S/C15H26N2/c16-10-15(8-12-3-4-13(15)7-12)17(14-5-6-14)9-11-1-2-11/h11-14H,1-10,16H2. The SMILES string of the molecule is NCC1(N(CC2CC2)C2CC2)CC2CCC1C2. The molecule has 2 nitrogen and oxygen atoms in total. The van der Waals surface area contributed by atoms with Crippen LogP contribution in [0.25, 0.3) is 0 Å². The summed E-state index contributed by atoms with van der Waals surface area (Å²) in [6, 6.07) is 0.915. The normalized spacial score (nSPS) is 44.8. The minimum Gasteiger partial charge on any atom is -0.329 e. The maximum atomic E-state index is 6.28. The van der Waals surface area contributed by atoms with E-state index in [9.17, 15) is 0 Å². The highest BCUT2D eigenvalue weighted by atomic mass is 15.3. The number of hydrogen-bond acceptors (Lipinski definition) is 2. The summed E-state index contributed by atoms with van der Waals surface area (Å²) in [7, 11) is 0. The predicted octanol–water partition coefficient (Wildman–Crippen LogP) is 2.38. The molecule has 0 aromatic heterocycles. The molecule has 0 amide bonds. The highest BCUT2D eigenvalue weighted by Crippen LogP contribution is 2.55. The fourth-order valence-electron chi connectivity index (χ4n) is 4.79. The Bertz CT molecular complexity index is 308. The molecule has 2 heteroatoms. The van der Waals surface area contributed by atoms with Crippen molar-refractivity contribution in [3.63, 3.8) is 0 Å². The predicted molar refractivity (Wildman–Crippen MR) is 69.7 cm³/mol. The van der Waals surface area contributed by atoms with Gasteiger partial charge >= 0.3 is 0 Å². The van der Waals surface area contributed by atoms with Crippen LogP contribution in [0.1, 0.15) is 51.4 Å². The Morgan fingerprint density at radius 3 is 2.35 bits per heavy atom. The first-order chi connectivity index (χ1) is 8.32. The molecular weight excluding hydrogens is 208 g/mol. The van der Waals surface area contributed by atoms with Crippen molar-refractivity contribution in [2.75, 3.05) is 13.1 Å². The summed E-state index contributed by atoms with van der Waals surface area (Å²) in [5.41, 5.74) is 6.71. The minimum atomic E-state index is 0.437. The van der Waals surface area contributed by atoms with Crippen LogP contribution in [0.3, 0.4) is 0 Å². The second-order valence-electron chi connectivity index (χ2n) is 7.21. The zero-order chi connectivity index (χ0) is 11.5. The van der Waals surface area contributed by atoms with Crippen LogP contribution in [0.2, 0.25) is 0 Å². The number of nitrogens with two attached hydrogens (primary N) is 1. The highest BCUT2D eigenvalue weighted by Gasteiger charge is 2.56. The molecule has 3 unspecified atom stereocenters. The van der Waals surface area contributed by atoms with Crippen LogP contribution >= 0.6 is 0 Å². The summed E-state index contributed by atoms with van der Waals surface area (Å²) in [5, 5.41) is 0. The molecule has 2 N–H and O–H groups in total. The zero-order valence-electron chi connectivity index (χ0n) is 10.9. The van der Waals surface area contributed by atoms with Crippen molar-refractivity contribution < 1.29 is 0 Å². The molecule has 4 aliphatic carbocycles. The van der Waals surface area contributed by atoms with Gasteiger partial charge in [0.1, 0.15) is 0 Å². The van der Waals surface area contributed by atoms with Crippen LogP contribution < -0.4 is 5.73 Å². The van der Waals surface area contributed by atoms with Crippen molar-refractivity contribution in [1.29, 1.82) is 0 Å². The third kappa shape index (κ3) is 1.67. The molecule has 0 aromatic carbocycles. The van der Waals surface area contributed by atoms with Crippen LogP contribution in [0.15, 0.2) is 0 Å². The van der Waals surface area contributed by atoms with E-state index >= 15 is 0 Å². The van der Waals surface area contributed by atoms with Gasteiger partial charge in [-0.1, -0.05) is 6.42 Å². The smallest absolute Gasteiger partial charge is 0.0365 e. The van der Waals surface area contributed by atoms with Gasteiger partial charge in [-0.25, -0.2) is 0 Å². The van der Waals surface area contributed by atoms with Gasteiger partial charge in [0.05, 0.1) is 0 Å². The fraction of sp³-hybridized carbons (Fsp3) is 1.00. The summed E-state index contributed by atoms with van der Waals surface area (Å²) >= 11 is 0. The summed E-state index contributed by atoms with van der Waals surface area (Å²) in [5.74, 6) is 2.99. The topological polar surface area (TPSA) is 29.3 Å². The number of hydrogen-bond donors (Lipinski definition) is 1. The Balaban J connectivity index is 1.59. The quantitative estimate of drug-likeness (QED) is 0.791. The van der Waals surface area contributed by atoms with Gasteiger partial charge in [-0.05, 0) is 62.7 Å². The van der Waals surface area contributed by atoms with Gasteiger partial charge in [0.25, 0.3) is 0 Å². The van der Waals surface area contributed by atoms with Crippen LogP contribution in [-0.4, -0.2) is 29.6 Å². The molecule has 0 aromatic rings. The lowest BCUT2D eigenvalue weighted by Gasteiger charge is -2.47. The van der Waals surface area contributed by atoms with E-state index in [1.807, 2.05) is 0 Å². The van der Waals surface area contributed by atoms with E-state index in [0.29, 0.717) is 5.54 Å². The first-order valence-corrected chi connectivity index (χ1v) is 7.78. The highest BCUT2D eigenvalue weighted by molar-refractivity contribution is 5.11. The second-order valence-corrected chi connectivity index (χ2v) is 7.21. The number of fused-ring (bicyclic) bond motifs is 2. The Kier molecular flexibility index (Phi) is 2.36. The average molecular weight is 234 g/mol. The Morgan fingerprint density at radius 1 is 1.06 bits per heavy atom. The van der Waals surface area contributed by atoms with Gasteiger partial charge in [-0.2, -0.15) is 0 Å². The van der Waals surface area contributed by atoms with Crippen molar-refractivity contribution in [1.82, 2.24) is 4.90 Å². The lowest BCUT2D eigenvalue weighted by Crippen LogP contribution is -2.58. The third-order valence-electron chi connectivity index (χ3n) is 6.01. The largest absolute Gasteiger partial charge is 0.329 e. The molecule has 3 atom stereocenters. The third-order valence-corrected chi connectivity index (χ3v) is 6.01. The van der Waals surface area contributed by atoms with E-state index in [2.05, 4.69) is 4.90 Å². The van der Waals surface area contributed by atoms with Crippen LogP contribution in [-0.2, 0) is 0 Å². The molecule has 4 rings (SSSR count). The molecule has 17 heavy (non-hydrogen) atoms. The monoisotopic (exact) mass is 234 g/mol. The molecule has 0 spiro atoms. The lowest BCUT2D eigenvalue weighted by atomic mass is 9.79. The zero-order valence-corrected chi connectivity index (χ0v) is 10.9. The maximum absolute atomic E-state index is 6.28. The van der Waals surface area contributed by atoms with Gasteiger partial charge in [0.2, 0.25) is 0 Å². The van der Waals surface area contributed by atoms with Crippen molar-refractivity contribution in [2.45, 2.75) is 62.9 Å². The lowest BCUT2D eigenvalue weighted by molar-refractivity contribution is 0.0298.